The normalized spacial score (nSPS) is 12.1. The third-order valence-electron chi connectivity index (χ3n) is 6.99. The average molecular weight is 505 g/mol. The van der Waals surface area contributed by atoms with Gasteiger partial charge in [0.25, 0.3) is 0 Å². The van der Waals surface area contributed by atoms with Crippen molar-refractivity contribution in [2.24, 2.45) is 0 Å². The molecule has 0 N–H and O–H groups in total. The van der Waals surface area contributed by atoms with Crippen LogP contribution >= 0.6 is 11.8 Å². The van der Waals surface area contributed by atoms with Crippen molar-refractivity contribution in [3.63, 3.8) is 0 Å². The van der Waals surface area contributed by atoms with Crippen molar-refractivity contribution in [1.29, 1.82) is 0 Å². The van der Waals surface area contributed by atoms with Crippen LogP contribution in [0.25, 0.3) is 61.7 Å². The summed E-state index contributed by atoms with van der Waals surface area (Å²) in [6.07, 6.45) is 0. The maximum Gasteiger partial charge on any atom is 0.145 e. The summed E-state index contributed by atoms with van der Waals surface area (Å²) in [4.78, 5) is 17.7. The molecule has 0 aliphatic carbocycles. The van der Waals surface area contributed by atoms with Crippen molar-refractivity contribution in [2.45, 2.75) is 9.79 Å². The van der Waals surface area contributed by atoms with Gasteiger partial charge >= 0.3 is 0 Å². The fraction of sp³-hybridized carbons (Fsp3) is 0. The minimum Gasteiger partial charge on any atom is -0.290 e. The number of para-hydroxylation sites is 3. The molecule has 8 rings (SSSR count). The largest absolute Gasteiger partial charge is 0.290 e. The molecule has 5 heteroatoms. The van der Waals surface area contributed by atoms with E-state index in [1.54, 1.807) is 11.8 Å². The first-order valence-electron chi connectivity index (χ1n) is 12.6. The summed E-state index contributed by atoms with van der Waals surface area (Å²) in [5.74, 6) is 0.944. The van der Waals surface area contributed by atoms with Crippen LogP contribution in [0.1, 0.15) is 0 Å². The maximum absolute atomic E-state index is 5.20. The summed E-state index contributed by atoms with van der Waals surface area (Å²) < 4.78 is 2.31. The van der Waals surface area contributed by atoms with E-state index in [9.17, 15) is 0 Å². The van der Waals surface area contributed by atoms with Crippen molar-refractivity contribution in [3.8, 4) is 39.6 Å². The van der Waals surface area contributed by atoms with Gasteiger partial charge in [-0.3, -0.25) is 4.57 Å². The zero-order valence-corrected chi connectivity index (χ0v) is 21.1. The Kier molecular flexibility index (Phi) is 4.72. The number of benzene rings is 5. The first-order valence-corrected chi connectivity index (χ1v) is 13.4. The summed E-state index contributed by atoms with van der Waals surface area (Å²) >= 11 is 1.79. The summed E-state index contributed by atoms with van der Waals surface area (Å²) in [5.41, 5.74) is 10.0. The molecule has 0 saturated heterocycles. The van der Waals surface area contributed by atoms with Crippen molar-refractivity contribution in [1.82, 2.24) is 19.5 Å². The predicted molar refractivity (Wildman–Crippen MR) is 155 cm³/mol. The minimum atomic E-state index is 0.885. The van der Waals surface area contributed by atoms with E-state index in [2.05, 4.69) is 89.5 Å². The third-order valence-corrected chi connectivity index (χ3v) is 8.17. The van der Waals surface area contributed by atoms with Gasteiger partial charge in [-0.25, -0.2) is 15.0 Å². The van der Waals surface area contributed by atoms with E-state index in [1.807, 2.05) is 36.4 Å². The number of rotatable bonds is 3. The zero-order chi connectivity index (χ0) is 25.1. The Morgan fingerprint density at radius 1 is 0.500 bits per heavy atom. The molecular weight excluding hydrogens is 484 g/mol. The van der Waals surface area contributed by atoms with E-state index in [0.717, 1.165) is 66.6 Å². The Morgan fingerprint density at radius 2 is 1.13 bits per heavy atom. The topological polar surface area (TPSA) is 43.6 Å². The fourth-order valence-corrected chi connectivity index (χ4v) is 6.48. The Balaban J connectivity index is 1.44. The molecule has 1 aliphatic heterocycles. The van der Waals surface area contributed by atoms with Crippen molar-refractivity contribution in [3.05, 3.63) is 121 Å². The second-order valence-corrected chi connectivity index (χ2v) is 10.3. The highest BCUT2D eigenvalue weighted by Crippen LogP contribution is 2.49. The molecule has 38 heavy (non-hydrogen) atoms. The van der Waals surface area contributed by atoms with Crippen LogP contribution in [0.2, 0.25) is 0 Å². The monoisotopic (exact) mass is 504 g/mol. The first-order chi connectivity index (χ1) is 18.8. The maximum atomic E-state index is 5.20. The Labute approximate surface area is 223 Å². The fourth-order valence-electron chi connectivity index (χ4n) is 5.28. The van der Waals surface area contributed by atoms with Gasteiger partial charge < -0.3 is 0 Å². The molecule has 178 valence electrons. The van der Waals surface area contributed by atoms with Crippen LogP contribution in [0.5, 0.6) is 0 Å². The average Bonchev–Trinajstić information content (AvgIpc) is 3.39. The van der Waals surface area contributed by atoms with Gasteiger partial charge in [-0.15, -0.1) is 0 Å². The van der Waals surface area contributed by atoms with Crippen LogP contribution in [0.4, 0.5) is 0 Å². The lowest BCUT2D eigenvalue weighted by molar-refractivity contribution is 1.04. The molecule has 2 aromatic heterocycles. The predicted octanol–water partition coefficient (Wildman–Crippen LogP) is 8.43. The highest BCUT2D eigenvalue weighted by Gasteiger charge is 2.27. The molecule has 5 aromatic carbocycles. The Hall–Kier alpha value is -4.74. The molecule has 0 unspecified atom stereocenters. The van der Waals surface area contributed by atoms with Gasteiger partial charge in [0.2, 0.25) is 0 Å². The lowest BCUT2D eigenvalue weighted by atomic mass is 10.0. The van der Waals surface area contributed by atoms with Crippen LogP contribution in [0.3, 0.4) is 0 Å². The van der Waals surface area contributed by atoms with Crippen LogP contribution in [0, 0.1) is 0 Å². The summed E-state index contributed by atoms with van der Waals surface area (Å²) in [6, 6.07) is 41.7. The number of hydrogen-bond donors (Lipinski definition) is 0. The van der Waals surface area contributed by atoms with Gasteiger partial charge in [0, 0.05) is 26.5 Å². The Bertz CT molecular complexity index is 2000. The SMILES string of the molecule is c1ccc(-c2nc3ccccc3nc2-c2cccc3c2Sc2cccc4nc(-c5ccccc5)n-3c24)cc1. The van der Waals surface area contributed by atoms with Gasteiger partial charge in [-0.05, 0) is 30.3 Å². The molecule has 7 aromatic rings. The van der Waals surface area contributed by atoms with E-state index < -0.39 is 0 Å². The van der Waals surface area contributed by atoms with Crippen LogP contribution < -0.4 is 0 Å². The van der Waals surface area contributed by atoms with Crippen molar-refractivity contribution >= 4 is 33.8 Å². The molecule has 4 nitrogen and oxygen atoms in total. The summed E-state index contributed by atoms with van der Waals surface area (Å²) in [5, 5.41) is 0. The van der Waals surface area contributed by atoms with Gasteiger partial charge in [-0.1, -0.05) is 103 Å². The second-order valence-electron chi connectivity index (χ2n) is 9.29. The highest BCUT2D eigenvalue weighted by atomic mass is 32.2. The van der Waals surface area contributed by atoms with E-state index in [4.69, 9.17) is 15.0 Å². The first kappa shape index (κ1) is 21.4. The van der Waals surface area contributed by atoms with Gasteiger partial charge in [-0.2, -0.15) is 0 Å². The molecular formula is C33H20N4S. The molecule has 1 aliphatic rings. The third kappa shape index (κ3) is 3.22. The molecule has 0 atom stereocenters. The van der Waals surface area contributed by atoms with Gasteiger partial charge in [0.1, 0.15) is 5.82 Å². The molecule has 0 saturated carbocycles. The number of nitrogens with zero attached hydrogens (tertiary/aromatic N) is 4. The van der Waals surface area contributed by atoms with Crippen molar-refractivity contribution < 1.29 is 0 Å². The molecule has 0 radical (unpaired) electrons. The van der Waals surface area contributed by atoms with Gasteiger partial charge in [0.15, 0.2) is 0 Å². The second kappa shape index (κ2) is 8.40. The number of fused-ring (bicyclic) bond motifs is 3. The summed E-state index contributed by atoms with van der Waals surface area (Å²) in [6.45, 7) is 0. The lowest BCUT2D eigenvalue weighted by Crippen LogP contribution is -2.06. The molecule has 3 heterocycles. The molecule has 0 amide bonds. The van der Waals surface area contributed by atoms with Crippen LogP contribution in [-0.4, -0.2) is 19.5 Å². The van der Waals surface area contributed by atoms with E-state index in [0.29, 0.717) is 0 Å². The molecule has 0 bridgehead atoms. The molecule has 0 fully saturated rings. The number of imidazole rings is 1. The standard InChI is InChI=1S/C33H20N4S/c1-3-11-21(12-4-1)29-30(35-25-17-8-7-16-24(25)34-29)23-15-9-19-27-32(23)38-28-20-10-18-26-31(28)37(27)33(36-26)22-13-5-2-6-14-22/h1-20H. The van der Waals surface area contributed by atoms with E-state index in [-0.39, 0.29) is 0 Å². The van der Waals surface area contributed by atoms with Crippen molar-refractivity contribution in [2.75, 3.05) is 0 Å². The number of hydrogen-bond acceptors (Lipinski definition) is 4. The van der Waals surface area contributed by atoms with Crippen LogP contribution in [-0.2, 0) is 0 Å². The number of aromatic nitrogens is 4. The van der Waals surface area contributed by atoms with E-state index >= 15 is 0 Å². The minimum absolute atomic E-state index is 0.885. The summed E-state index contributed by atoms with van der Waals surface area (Å²) in [7, 11) is 0. The zero-order valence-electron chi connectivity index (χ0n) is 20.2. The quantitative estimate of drug-likeness (QED) is 0.242. The van der Waals surface area contributed by atoms with Gasteiger partial charge in [0.05, 0.1) is 39.1 Å². The molecule has 0 spiro atoms. The smallest absolute Gasteiger partial charge is 0.145 e. The lowest BCUT2D eigenvalue weighted by Gasteiger charge is -2.23. The Morgan fingerprint density at radius 3 is 1.89 bits per heavy atom. The highest BCUT2D eigenvalue weighted by molar-refractivity contribution is 8.00. The van der Waals surface area contributed by atoms with E-state index in [1.165, 1.54) is 4.90 Å². The van der Waals surface area contributed by atoms with Crippen LogP contribution in [0.15, 0.2) is 131 Å².